The van der Waals surface area contributed by atoms with Crippen molar-refractivity contribution in [3.05, 3.63) is 16.3 Å². The summed E-state index contributed by atoms with van der Waals surface area (Å²) in [6.45, 7) is 2.24. The van der Waals surface area contributed by atoms with Crippen molar-refractivity contribution in [2.24, 2.45) is 5.92 Å². The molecule has 2 rings (SSSR count). The Morgan fingerprint density at radius 1 is 1.47 bits per heavy atom. The summed E-state index contributed by atoms with van der Waals surface area (Å²) in [5.74, 6) is 0.676. The minimum atomic E-state index is 0.0799. The van der Waals surface area contributed by atoms with Gasteiger partial charge in [-0.15, -0.1) is 11.3 Å². The summed E-state index contributed by atoms with van der Waals surface area (Å²) in [6, 6.07) is 2.17. The molecule has 3 nitrogen and oxygen atoms in total. The number of carbonyl (C=O) groups is 1. The Hall–Kier alpha value is -1.03. The third kappa shape index (κ3) is 2.46. The summed E-state index contributed by atoms with van der Waals surface area (Å²) in [6.07, 6.45) is 4.87. The lowest BCUT2D eigenvalue weighted by Gasteiger charge is -2.36. The highest BCUT2D eigenvalue weighted by molar-refractivity contribution is 7.12. The van der Waals surface area contributed by atoms with Crippen LogP contribution in [-0.4, -0.2) is 23.9 Å². The topological polar surface area (TPSA) is 46.3 Å². The standard InChI is InChI=1S/C13H20N2OS/c1-9-5-3-4-6-11(9)15(2)13(16)12-10(14)7-8-17-12/h7-9,11H,3-6,14H2,1-2H3. The van der Waals surface area contributed by atoms with E-state index in [9.17, 15) is 4.79 Å². The van der Waals surface area contributed by atoms with E-state index in [2.05, 4.69) is 6.92 Å². The van der Waals surface area contributed by atoms with Gasteiger partial charge in [0.2, 0.25) is 0 Å². The molecule has 1 amide bonds. The first kappa shape index (κ1) is 12.4. The van der Waals surface area contributed by atoms with Gasteiger partial charge in [-0.2, -0.15) is 0 Å². The van der Waals surface area contributed by atoms with Crippen LogP contribution in [0.15, 0.2) is 11.4 Å². The van der Waals surface area contributed by atoms with Crippen LogP contribution < -0.4 is 5.73 Å². The van der Waals surface area contributed by atoms with E-state index in [0.29, 0.717) is 22.5 Å². The summed E-state index contributed by atoms with van der Waals surface area (Å²) in [7, 11) is 1.91. The molecule has 1 heterocycles. The lowest BCUT2D eigenvalue weighted by Crippen LogP contribution is -2.42. The van der Waals surface area contributed by atoms with Crippen molar-refractivity contribution in [3.63, 3.8) is 0 Å². The Kier molecular flexibility index (Phi) is 3.72. The number of nitrogens with two attached hydrogens (primary N) is 1. The summed E-state index contributed by atoms with van der Waals surface area (Å²) in [5, 5.41) is 1.88. The van der Waals surface area contributed by atoms with Crippen LogP contribution in [0.2, 0.25) is 0 Å². The Balaban J connectivity index is 2.11. The van der Waals surface area contributed by atoms with Crippen LogP contribution in [-0.2, 0) is 0 Å². The number of rotatable bonds is 2. The first-order valence-corrected chi connectivity index (χ1v) is 7.09. The first-order valence-electron chi connectivity index (χ1n) is 6.21. The molecule has 0 radical (unpaired) electrons. The Morgan fingerprint density at radius 2 is 2.18 bits per heavy atom. The van der Waals surface area contributed by atoms with E-state index in [1.54, 1.807) is 6.07 Å². The van der Waals surface area contributed by atoms with E-state index < -0.39 is 0 Å². The molecule has 1 aromatic rings. The van der Waals surface area contributed by atoms with Crippen molar-refractivity contribution in [2.45, 2.75) is 38.6 Å². The fourth-order valence-electron chi connectivity index (χ4n) is 2.68. The molecule has 2 unspecified atom stereocenters. The van der Waals surface area contributed by atoms with Gasteiger partial charge in [0.25, 0.3) is 5.91 Å². The molecule has 0 aromatic carbocycles. The quantitative estimate of drug-likeness (QED) is 0.879. The molecule has 0 bridgehead atoms. The number of carbonyl (C=O) groups excluding carboxylic acids is 1. The second-order valence-electron chi connectivity index (χ2n) is 4.95. The Labute approximate surface area is 107 Å². The molecule has 2 N–H and O–H groups in total. The van der Waals surface area contributed by atoms with E-state index in [1.165, 1.54) is 30.6 Å². The largest absolute Gasteiger partial charge is 0.397 e. The van der Waals surface area contributed by atoms with Gasteiger partial charge in [-0.25, -0.2) is 0 Å². The molecule has 17 heavy (non-hydrogen) atoms. The molecular formula is C13H20N2OS. The number of amides is 1. The van der Waals surface area contributed by atoms with Crippen LogP contribution in [0.3, 0.4) is 0 Å². The second kappa shape index (κ2) is 5.08. The minimum absolute atomic E-state index is 0.0799. The number of nitrogen functional groups attached to an aromatic ring is 1. The first-order chi connectivity index (χ1) is 8.11. The van der Waals surface area contributed by atoms with E-state index in [1.807, 2.05) is 17.3 Å². The summed E-state index contributed by atoms with van der Waals surface area (Å²) >= 11 is 1.43. The summed E-state index contributed by atoms with van der Waals surface area (Å²) in [4.78, 5) is 14.9. The molecule has 2 atom stereocenters. The smallest absolute Gasteiger partial charge is 0.266 e. The van der Waals surface area contributed by atoms with Gasteiger partial charge in [-0.1, -0.05) is 19.8 Å². The zero-order valence-corrected chi connectivity index (χ0v) is 11.3. The summed E-state index contributed by atoms with van der Waals surface area (Å²) < 4.78 is 0. The van der Waals surface area contributed by atoms with Gasteiger partial charge in [0.1, 0.15) is 4.88 Å². The average molecular weight is 252 g/mol. The van der Waals surface area contributed by atoms with Gasteiger partial charge >= 0.3 is 0 Å². The van der Waals surface area contributed by atoms with Crippen LogP contribution in [0.4, 0.5) is 5.69 Å². The van der Waals surface area contributed by atoms with Crippen LogP contribution in [0.5, 0.6) is 0 Å². The molecule has 94 valence electrons. The predicted octanol–water partition coefficient (Wildman–Crippen LogP) is 2.98. The Morgan fingerprint density at radius 3 is 2.76 bits per heavy atom. The van der Waals surface area contributed by atoms with Crippen molar-refractivity contribution in [2.75, 3.05) is 12.8 Å². The molecule has 0 saturated heterocycles. The van der Waals surface area contributed by atoms with E-state index in [-0.39, 0.29) is 5.91 Å². The number of thiophene rings is 1. The average Bonchev–Trinajstić information content (AvgIpc) is 2.74. The van der Waals surface area contributed by atoms with Gasteiger partial charge in [0.05, 0.1) is 5.69 Å². The lowest BCUT2D eigenvalue weighted by atomic mass is 9.85. The molecule has 0 aliphatic heterocycles. The van der Waals surface area contributed by atoms with Crippen molar-refractivity contribution >= 4 is 22.9 Å². The van der Waals surface area contributed by atoms with Crippen LogP contribution in [0.25, 0.3) is 0 Å². The fourth-order valence-corrected chi connectivity index (χ4v) is 3.48. The highest BCUT2D eigenvalue weighted by Crippen LogP contribution is 2.29. The van der Waals surface area contributed by atoms with Gasteiger partial charge in [0, 0.05) is 13.1 Å². The van der Waals surface area contributed by atoms with E-state index >= 15 is 0 Å². The molecule has 4 heteroatoms. The SMILES string of the molecule is CC1CCCCC1N(C)C(=O)c1sccc1N. The molecule has 1 saturated carbocycles. The number of anilines is 1. The third-order valence-corrected chi connectivity index (χ3v) is 4.69. The van der Waals surface area contributed by atoms with Crippen molar-refractivity contribution in [1.29, 1.82) is 0 Å². The third-order valence-electron chi connectivity index (χ3n) is 3.77. The van der Waals surface area contributed by atoms with Crippen molar-refractivity contribution < 1.29 is 4.79 Å². The van der Waals surface area contributed by atoms with E-state index in [4.69, 9.17) is 5.73 Å². The highest BCUT2D eigenvalue weighted by Gasteiger charge is 2.29. The zero-order chi connectivity index (χ0) is 12.4. The van der Waals surface area contributed by atoms with Gasteiger partial charge in [-0.3, -0.25) is 4.79 Å². The molecule has 1 fully saturated rings. The number of hydrogen-bond acceptors (Lipinski definition) is 3. The maximum Gasteiger partial charge on any atom is 0.266 e. The Bertz CT molecular complexity index is 402. The maximum atomic E-state index is 12.3. The van der Waals surface area contributed by atoms with Gasteiger partial charge in [-0.05, 0) is 30.2 Å². The van der Waals surface area contributed by atoms with Crippen molar-refractivity contribution in [1.82, 2.24) is 4.90 Å². The molecule has 1 aliphatic rings. The van der Waals surface area contributed by atoms with Gasteiger partial charge < -0.3 is 10.6 Å². The van der Waals surface area contributed by atoms with Crippen LogP contribution >= 0.6 is 11.3 Å². The monoisotopic (exact) mass is 252 g/mol. The zero-order valence-electron chi connectivity index (χ0n) is 10.5. The minimum Gasteiger partial charge on any atom is -0.397 e. The molecule has 1 aliphatic carbocycles. The molecular weight excluding hydrogens is 232 g/mol. The normalized spacial score (nSPS) is 24.6. The van der Waals surface area contributed by atoms with Crippen molar-refractivity contribution in [3.8, 4) is 0 Å². The molecule has 0 spiro atoms. The fraction of sp³-hybridized carbons (Fsp3) is 0.615. The van der Waals surface area contributed by atoms with Gasteiger partial charge in [0.15, 0.2) is 0 Å². The van der Waals surface area contributed by atoms with E-state index in [0.717, 1.165) is 6.42 Å². The lowest BCUT2D eigenvalue weighted by molar-refractivity contribution is 0.0635. The predicted molar refractivity (Wildman–Crippen MR) is 72.2 cm³/mol. The highest BCUT2D eigenvalue weighted by atomic mass is 32.1. The van der Waals surface area contributed by atoms with Crippen LogP contribution in [0, 0.1) is 5.92 Å². The number of hydrogen-bond donors (Lipinski definition) is 1. The summed E-state index contributed by atoms with van der Waals surface area (Å²) in [5.41, 5.74) is 6.41. The second-order valence-corrected chi connectivity index (χ2v) is 5.87. The van der Waals surface area contributed by atoms with Crippen LogP contribution in [0.1, 0.15) is 42.3 Å². The molecule has 1 aromatic heterocycles. The number of nitrogens with zero attached hydrogens (tertiary/aromatic N) is 1. The maximum absolute atomic E-state index is 12.3.